The van der Waals surface area contributed by atoms with Gasteiger partial charge in [-0.25, -0.2) is 0 Å². The van der Waals surface area contributed by atoms with Gasteiger partial charge >= 0.3 is 0 Å². The molecule has 1 N–H and O–H groups in total. The third-order valence-electron chi connectivity index (χ3n) is 1.11. The van der Waals surface area contributed by atoms with Gasteiger partial charge in [0.2, 0.25) is 0 Å². The molecule has 47 valence electrons. The van der Waals surface area contributed by atoms with Crippen LogP contribution < -0.4 is 5.73 Å². The lowest BCUT2D eigenvalue weighted by atomic mass is 10.5. The molecule has 1 nitrogen and oxygen atoms in total. The Bertz CT molecular complexity index is 61.4. The first-order valence-electron chi connectivity index (χ1n) is 2.77. The van der Waals surface area contributed by atoms with E-state index in [1.54, 1.807) is 0 Å². The fourth-order valence-corrected chi connectivity index (χ4v) is 3.18. The van der Waals surface area contributed by atoms with E-state index in [4.69, 9.17) is 5.73 Å². The van der Waals surface area contributed by atoms with E-state index in [9.17, 15) is 0 Å². The average Bonchev–Trinajstić information content (AvgIpc) is 1.90. The molecule has 1 aliphatic heterocycles. The predicted molar refractivity (Wildman–Crippen MR) is 41.5 cm³/mol. The molecule has 0 aromatic heterocycles. The highest BCUT2D eigenvalue weighted by atomic mass is 32.2. The number of thioether (sulfide) groups is 2. The van der Waals surface area contributed by atoms with Gasteiger partial charge in [0.1, 0.15) is 0 Å². The molecule has 1 radical (unpaired) electrons. The molecule has 8 heavy (non-hydrogen) atoms. The van der Waals surface area contributed by atoms with Crippen LogP contribution in [0.25, 0.3) is 0 Å². The van der Waals surface area contributed by atoms with Gasteiger partial charge in [0.25, 0.3) is 0 Å². The van der Waals surface area contributed by atoms with Gasteiger partial charge in [-0.05, 0) is 0 Å². The average molecular weight is 148 g/mol. The van der Waals surface area contributed by atoms with E-state index in [0.717, 1.165) is 0 Å². The summed E-state index contributed by atoms with van der Waals surface area (Å²) in [6.07, 6.45) is 0. The minimum Gasteiger partial charge on any atom is -0.257 e. The molecule has 0 aromatic carbocycles. The summed E-state index contributed by atoms with van der Waals surface area (Å²) in [6, 6.07) is 0. The SMILES string of the molecule is [NH]CC1CSCCS1. The van der Waals surface area contributed by atoms with Crippen LogP contribution in [0.1, 0.15) is 0 Å². The second-order valence-corrected chi connectivity index (χ2v) is 4.33. The zero-order valence-electron chi connectivity index (χ0n) is 4.72. The minimum absolute atomic E-state index is 0.609. The standard InChI is InChI=1S/C5H10NS2/c6-3-5-4-7-1-2-8-5/h5-6H,1-4H2. The smallest absolute Gasteiger partial charge is 0.0277 e. The minimum atomic E-state index is 0.609. The first kappa shape index (κ1) is 6.78. The maximum Gasteiger partial charge on any atom is 0.0277 e. The van der Waals surface area contributed by atoms with Crippen LogP contribution in [0.15, 0.2) is 0 Å². The van der Waals surface area contributed by atoms with Gasteiger partial charge in [-0.2, -0.15) is 23.5 Å². The summed E-state index contributed by atoms with van der Waals surface area (Å²) >= 11 is 3.94. The van der Waals surface area contributed by atoms with Crippen LogP contribution in [0.4, 0.5) is 0 Å². The zero-order chi connectivity index (χ0) is 5.82. The van der Waals surface area contributed by atoms with E-state index < -0.39 is 0 Å². The van der Waals surface area contributed by atoms with Gasteiger partial charge in [0.05, 0.1) is 0 Å². The topological polar surface area (TPSA) is 23.8 Å². The lowest BCUT2D eigenvalue weighted by Gasteiger charge is -2.17. The molecule has 0 amide bonds. The van der Waals surface area contributed by atoms with Crippen molar-refractivity contribution in [2.45, 2.75) is 5.25 Å². The lowest BCUT2D eigenvalue weighted by molar-refractivity contribution is 0.931. The van der Waals surface area contributed by atoms with Crippen LogP contribution in [-0.2, 0) is 0 Å². The molecule has 1 fully saturated rings. The third-order valence-corrected chi connectivity index (χ3v) is 3.96. The molecule has 1 unspecified atom stereocenters. The Labute approximate surface area is 58.8 Å². The molecule has 3 heteroatoms. The molecule has 0 aromatic rings. The highest BCUT2D eigenvalue weighted by Crippen LogP contribution is 2.22. The monoisotopic (exact) mass is 148 g/mol. The summed E-state index contributed by atoms with van der Waals surface area (Å²) < 4.78 is 0. The van der Waals surface area contributed by atoms with E-state index in [1.807, 2.05) is 23.5 Å². The number of hydrogen-bond acceptors (Lipinski definition) is 2. The normalized spacial score (nSPS) is 30.4. The molecule has 0 bridgehead atoms. The van der Waals surface area contributed by atoms with Crippen LogP contribution in [0.5, 0.6) is 0 Å². The van der Waals surface area contributed by atoms with Gasteiger partial charge in [0, 0.05) is 29.1 Å². The first-order chi connectivity index (χ1) is 3.93. The van der Waals surface area contributed by atoms with Crippen molar-refractivity contribution >= 4 is 23.5 Å². The van der Waals surface area contributed by atoms with Crippen molar-refractivity contribution in [2.75, 3.05) is 23.8 Å². The van der Waals surface area contributed by atoms with Gasteiger partial charge in [0.15, 0.2) is 0 Å². The van der Waals surface area contributed by atoms with Crippen LogP contribution in [0, 0.1) is 0 Å². The van der Waals surface area contributed by atoms with Crippen molar-refractivity contribution in [3.63, 3.8) is 0 Å². The Kier molecular flexibility index (Phi) is 3.08. The van der Waals surface area contributed by atoms with E-state index in [-0.39, 0.29) is 0 Å². The molecule has 0 saturated carbocycles. The second-order valence-electron chi connectivity index (χ2n) is 1.77. The zero-order valence-corrected chi connectivity index (χ0v) is 6.36. The number of rotatable bonds is 1. The van der Waals surface area contributed by atoms with Crippen molar-refractivity contribution in [1.29, 1.82) is 0 Å². The van der Waals surface area contributed by atoms with Crippen molar-refractivity contribution < 1.29 is 0 Å². The Morgan fingerprint density at radius 3 is 2.75 bits per heavy atom. The van der Waals surface area contributed by atoms with Gasteiger partial charge in [-0.1, -0.05) is 0 Å². The quantitative estimate of drug-likeness (QED) is 0.556. The molecule has 1 rings (SSSR count). The molecule has 0 aliphatic carbocycles. The third kappa shape index (κ3) is 1.88. The molecule has 0 spiro atoms. The van der Waals surface area contributed by atoms with E-state index in [0.29, 0.717) is 11.8 Å². The van der Waals surface area contributed by atoms with Crippen LogP contribution >= 0.6 is 23.5 Å². The van der Waals surface area contributed by atoms with Crippen molar-refractivity contribution in [1.82, 2.24) is 5.73 Å². The lowest BCUT2D eigenvalue weighted by Crippen LogP contribution is -2.18. The second kappa shape index (κ2) is 3.64. The largest absolute Gasteiger partial charge is 0.257 e. The van der Waals surface area contributed by atoms with Crippen LogP contribution in [0.2, 0.25) is 0 Å². The highest BCUT2D eigenvalue weighted by Gasteiger charge is 2.11. The van der Waals surface area contributed by atoms with E-state index >= 15 is 0 Å². The van der Waals surface area contributed by atoms with Crippen molar-refractivity contribution in [2.24, 2.45) is 0 Å². The summed E-state index contributed by atoms with van der Waals surface area (Å²) in [5.41, 5.74) is 7.06. The Morgan fingerprint density at radius 1 is 1.50 bits per heavy atom. The van der Waals surface area contributed by atoms with Crippen LogP contribution in [-0.4, -0.2) is 29.1 Å². The van der Waals surface area contributed by atoms with E-state index in [1.165, 1.54) is 17.3 Å². The fraction of sp³-hybridized carbons (Fsp3) is 1.00. The Balaban J connectivity index is 2.13. The molecular weight excluding hydrogens is 138 g/mol. The van der Waals surface area contributed by atoms with Gasteiger partial charge in [-0.15, -0.1) is 0 Å². The fourth-order valence-electron chi connectivity index (χ4n) is 0.654. The summed E-state index contributed by atoms with van der Waals surface area (Å²) in [7, 11) is 0. The highest BCUT2D eigenvalue weighted by molar-refractivity contribution is 8.06. The molecule has 1 atom stereocenters. The first-order valence-corrected chi connectivity index (χ1v) is 4.98. The van der Waals surface area contributed by atoms with Crippen LogP contribution in [0.3, 0.4) is 0 Å². The molecule has 1 saturated heterocycles. The summed E-state index contributed by atoms with van der Waals surface area (Å²) in [6.45, 7) is 0.609. The Morgan fingerprint density at radius 2 is 2.38 bits per heavy atom. The molecule has 1 heterocycles. The maximum absolute atomic E-state index is 7.06. The van der Waals surface area contributed by atoms with E-state index in [2.05, 4.69) is 0 Å². The summed E-state index contributed by atoms with van der Waals surface area (Å²) in [5.74, 6) is 3.75. The predicted octanol–water partition coefficient (Wildman–Crippen LogP) is 1.12. The maximum atomic E-state index is 7.06. The number of nitrogens with one attached hydrogen (secondary N) is 1. The molecular formula is C5H10NS2. The van der Waals surface area contributed by atoms with Crippen molar-refractivity contribution in [3.05, 3.63) is 0 Å². The Hall–Kier alpha value is 0.660. The summed E-state index contributed by atoms with van der Waals surface area (Å²) in [4.78, 5) is 0. The van der Waals surface area contributed by atoms with Gasteiger partial charge in [-0.3, -0.25) is 5.73 Å². The van der Waals surface area contributed by atoms with Gasteiger partial charge < -0.3 is 0 Å². The number of hydrogen-bond donors (Lipinski definition) is 0. The molecule has 1 aliphatic rings. The summed E-state index contributed by atoms with van der Waals surface area (Å²) in [5, 5.41) is 0.633. The van der Waals surface area contributed by atoms with Crippen molar-refractivity contribution in [3.8, 4) is 0 Å².